The van der Waals surface area contributed by atoms with Crippen LogP contribution in [0.15, 0.2) is 72.8 Å². The van der Waals surface area contributed by atoms with Gasteiger partial charge in [-0.2, -0.15) is 0 Å². The number of pyridine rings is 1. The van der Waals surface area contributed by atoms with Crippen LogP contribution in [0, 0.1) is 46.3 Å². The molecule has 8 aliphatic carbocycles. The molecule has 0 spiro atoms. The van der Waals surface area contributed by atoms with Gasteiger partial charge in [0.2, 0.25) is 0 Å². The van der Waals surface area contributed by atoms with Crippen molar-refractivity contribution < 1.29 is 14.9 Å². The van der Waals surface area contributed by atoms with Crippen LogP contribution in [-0.4, -0.2) is 22.3 Å². The summed E-state index contributed by atoms with van der Waals surface area (Å²) in [7, 11) is 1.75. The maximum atomic E-state index is 12.9. The fraction of sp³-hybridized carbons (Fsp3) is 0.547. The molecule has 0 radical (unpaired) electrons. The van der Waals surface area contributed by atoms with E-state index in [2.05, 4.69) is 156 Å². The minimum Gasteiger partial charge on any atom is -0.507 e. The summed E-state index contributed by atoms with van der Waals surface area (Å²) in [6, 6.07) is 26.8. The highest BCUT2D eigenvalue weighted by atomic mass is 16.5. The van der Waals surface area contributed by atoms with Gasteiger partial charge in [-0.3, -0.25) is 0 Å². The zero-order chi connectivity index (χ0) is 48.4. The molecular formula is C64H79NO3. The molecule has 4 aromatic carbocycles. The highest BCUT2D eigenvalue weighted by Crippen LogP contribution is 2.76. The van der Waals surface area contributed by atoms with Crippen molar-refractivity contribution in [2.45, 2.75) is 183 Å². The Bertz CT molecular complexity index is 2620. The van der Waals surface area contributed by atoms with Crippen LogP contribution < -0.4 is 4.74 Å². The molecule has 358 valence electrons. The van der Waals surface area contributed by atoms with E-state index in [9.17, 15) is 10.2 Å². The zero-order valence-corrected chi connectivity index (χ0v) is 43.8. The summed E-state index contributed by atoms with van der Waals surface area (Å²) in [6.45, 7) is 28.6. The van der Waals surface area contributed by atoms with E-state index >= 15 is 0 Å². The summed E-state index contributed by atoms with van der Waals surface area (Å²) in [4.78, 5) is 5.66. The van der Waals surface area contributed by atoms with Crippen molar-refractivity contribution in [3.63, 3.8) is 0 Å². The summed E-state index contributed by atoms with van der Waals surface area (Å²) in [6.07, 6.45) is 14.5. The average molecular weight is 910 g/mol. The monoisotopic (exact) mass is 910 g/mol. The van der Waals surface area contributed by atoms with E-state index in [1.165, 1.54) is 60.8 Å². The van der Waals surface area contributed by atoms with Crippen molar-refractivity contribution in [2.24, 2.45) is 32.5 Å². The lowest BCUT2D eigenvalue weighted by atomic mass is 9.35. The Morgan fingerprint density at radius 2 is 0.750 bits per heavy atom. The summed E-state index contributed by atoms with van der Waals surface area (Å²) in [5, 5.41) is 25.8. The molecule has 0 amide bonds. The number of aryl methyl sites for hydroxylation is 2. The number of ether oxygens (including phenoxy) is 1. The fourth-order valence-corrected chi connectivity index (χ4v) is 19.6. The first-order chi connectivity index (χ1) is 31.8. The van der Waals surface area contributed by atoms with Crippen LogP contribution in [0.5, 0.6) is 17.2 Å². The van der Waals surface area contributed by atoms with E-state index in [0.29, 0.717) is 23.3 Å². The molecule has 8 fully saturated rings. The second-order valence-electron chi connectivity index (χ2n) is 27.7. The Hall–Kier alpha value is -4.57. The van der Waals surface area contributed by atoms with E-state index in [-0.39, 0.29) is 43.3 Å². The number of nitrogens with zero attached hydrogens (tertiary/aromatic N) is 1. The van der Waals surface area contributed by atoms with Gasteiger partial charge in [-0.15, -0.1) is 0 Å². The molecule has 5 aromatic rings. The summed E-state index contributed by atoms with van der Waals surface area (Å²) in [5.74, 6) is 2.17. The Labute approximate surface area is 408 Å². The Morgan fingerprint density at radius 1 is 0.426 bits per heavy atom. The average Bonchev–Trinajstić information content (AvgIpc) is 3.21. The highest BCUT2D eigenvalue weighted by molar-refractivity contribution is 5.90. The maximum Gasteiger partial charge on any atom is 0.127 e. The SMILES string of the molecule is COc1cc(-c2cc(C(C)C)ccc2-c2cc(C)cc(C34CC5(C)CC(C)(CC(C)(C5)C3)C4)c2O)nc(-c2cc(C(C)C)ccc2-c2cc(C)cc(C34CC5(C)CC(C)(CC(C)(C5)C3)C4)c2O)c1. The first kappa shape index (κ1) is 45.8. The molecule has 8 aliphatic rings. The quantitative estimate of drug-likeness (QED) is 0.155. The fourth-order valence-electron chi connectivity index (χ4n) is 19.6. The third kappa shape index (κ3) is 7.29. The molecule has 68 heavy (non-hydrogen) atoms. The number of benzene rings is 4. The van der Waals surface area contributed by atoms with Crippen LogP contribution in [0.25, 0.3) is 44.8 Å². The van der Waals surface area contributed by atoms with E-state index < -0.39 is 0 Å². The molecule has 0 saturated heterocycles. The Kier molecular flexibility index (Phi) is 9.94. The summed E-state index contributed by atoms with van der Waals surface area (Å²) >= 11 is 0. The van der Waals surface area contributed by atoms with Crippen LogP contribution in [0.4, 0.5) is 0 Å². The summed E-state index contributed by atoms with van der Waals surface area (Å²) < 4.78 is 6.20. The van der Waals surface area contributed by atoms with Crippen LogP contribution in [0.3, 0.4) is 0 Å². The lowest BCUT2D eigenvalue weighted by molar-refractivity contribution is -0.153. The first-order valence-corrected chi connectivity index (χ1v) is 26.3. The number of phenolic OH excluding ortho intramolecular Hbond substituents is 2. The lowest BCUT2D eigenvalue weighted by Gasteiger charge is -2.69. The Morgan fingerprint density at radius 3 is 1.04 bits per heavy atom. The largest absolute Gasteiger partial charge is 0.507 e. The van der Waals surface area contributed by atoms with Crippen molar-refractivity contribution in [2.75, 3.05) is 7.11 Å². The number of methoxy groups -OCH3 is 1. The van der Waals surface area contributed by atoms with E-state index in [1.807, 2.05) is 0 Å². The smallest absolute Gasteiger partial charge is 0.127 e. The molecule has 2 N–H and O–H groups in total. The van der Waals surface area contributed by atoms with Crippen molar-refractivity contribution in [3.05, 3.63) is 106 Å². The molecule has 0 atom stereocenters. The first-order valence-electron chi connectivity index (χ1n) is 26.3. The Balaban J connectivity index is 1.08. The molecule has 4 nitrogen and oxygen atoms in total. The van der Waals surface area contributed by atoms with Gasteiger partial charge >= 0.3 is 0 Å². The summed E-state index contributed by atoms with van der Waals surface area (Å²) in [5.41, 5.74) is 16.0. The highest BCUT2D eigenvalue weighted by Gasteiger charge is 2.66. The topological polar surface area (TPSA) is 62.6 Å². The minimum absolute atomic E-state index is 0.0557. The van der Waals surface area contributed by atoms with Gasteiger partial charge in [0, 0.05) is 56.3 Å². The lowest BCUT2D eigenvalue weighted by Crippen LogP contribution is -2.60. The van der Waals surface area contributed by atoms with Crippen LogP contribution in [0.1, 0.15) is 192 Å². The second kappa shape index (κ2) is 14.7. The minimum atomic E-state index is -0.0557. The number of hydrogen-bond acceptors (Lipinski definition) is 4. The maximum absolute atomic E-state index is 12.9. The van der Waals surface area contributed by atoms with Crippen molar-refractivity contribution >= 4 is 0 Å². The van der Waals surface area contributed by atoms with E-state index in [1.54, 1.807) is 7.11 Å². The standard InChI is InChI=1S/C64H79NO3/c1-38(2)42-14-16-45(49-18-40(5)20-51(55(49)66)63-32-57(7)26-58(8,33-63)28-59(9,27-57)34-63)47(22-42)53-24-44(68-13)25-54(65-53)48-23-43(39(3)4)15-17-46(48)50-19-41(6)21-52(56(50)67)64-35-60(10)29-61(11,36-64)31-62(12,30-60)37-64/h14-25,38-39,66-67H,26-37H2,1-13H3. The van der Waals surface area contributed by atoms with Gasteiger partial charge in [0.05, 0.1) is 18.5 Å². The predicted octanol–water partition coefficient (Wildman–Crippen LogP) is 17.3. The third-order valence-electron chi connectivity index (χ3n) is 19.0. The normalized spacial score (nSPS) is 34.4. The molecule has 8 bridgehead atoms. The molecule has 1 aromatic heterocycles. The number of rotatable bonds is 9. The van der Waals surface area contributed by atoms with E-state index in [4.69, 9.17) is 9.72 Å². The van der Waals surface area contributed by atoms with Crippen LogP contribution in [-0.2, 0) is 10.8 Å². The number of phenols is 2. The van der Waals surface area contributed by atoms with Crippen LogP contribution in [0.2, 0.25) is 0 Å². The van der Waals surface area contributed by atoms with Gasteiger partial charge in [-0.25, -0.2) is 4.98 Å². The van der Waals surface area contributed by atoms with Gasteiger partial charge in [0.15, 0.2) is 0 Å². The van der Waals surface area contributed by atoms with Gasteiger partial charge in [0.1, 0.15) is 17.2 Å². The van der Waals surface area contributed by atoms with Gasteiger partial charge < -0.3 is 14.9 Å². The molecule has 8 saturated carbocycles. The third-order valence-corrected chi connectivity index (χ3v) is 19.0. The number of hydrogen-bond donors (Lipinski definition) is 2. The molecule has 4 heteroatoms. The molecular weight excluding hydrogens is 831 g/mol. The number of aromatic nitrogens is 1. The molecule has 1 heterocycles. The molecule has 0 unspecified atom stereocenters. The van der Waals surface area contributed by atoms with Gasteiger partial charge in [0.25, 0.3) is 0 Å². The zero-order valence-electron chi connectivity index (χ0n) is 43.8. The van der Waals surface area contributed by atoms with Gasteiger partial charge in [-0.1, -0.05) is 106 Å². The van der Waals surface area contributed by atoms with Crippen molar-refractivity contribution in [1.29, 1.82) is 0 Å². The van der Waals surface area contributed by atoms with Crippen molar-refractivity contribution in [1.82, 2.24) is 4.98 Å². The van der Waals surface area contributed by atoms with Crippen molar-refractivity contribution in [3.8, 4) is 62.0 Å². The number of aromatic hydroxyl groups is 2. The molecule has 0 aliphatic heterocycles. The predicted molar refractivity (Wildman–Crippen MR) is 281 cm³/mol. The molecule has 13 rings (SSSR count). The second-order valence-corrected chi connectivity index (χ2v) is 27.7. The van der Waals surface area contributed by atoms with Crippen LogP contribution >= 0.6 is 0 Å². The van der Waals surface area contributed by atoms with E-state index in [0.717, 1.165) is 100 Å². The van der Waals surface area contributed by atoms with Gasteiger partial charge in [-0.05, 0) is 193 Å².